The molecule has 2 amide bonds. The first-order valence-electron chi connectivity index (χ1n) is 6.95. The average molecular weight is 312 g/mol. The van der Waals surface area contributed by atoms with Gasteiger partial charge in [0.25, 0.3) is 0 Å². The van der Waals surface area contributed by atoms with Crippen molar-refractivity contribution in [3.63, 3.8) is 0 Å². The van der Waals surface area contributed by atoms with Crippen LogP contribution in [0.2, 0.25) is 0 Å². The number of rotatable bonds is 2. The van der Waals surface area contributed by atoms with Gasteiger partial charge in [-0.3, -0.25) is 9.59 Å². The minimum atomic E-state index is -0.961. The number of nitrogens with two attached hydrogens (primary N) is 2. The van der Waals surface area contributed by atoms with Crippen molar-refractivity contribution in [3.8, 4) is 0 Å². The number of carboxylic acids is 1. The van der Waals surface area contributed by atoms with Crippen LogP contribution in [0.25, 0.3) is 0 Å². The normalized spacial score (nSPS) is 11.6. The number of carbonyl (C=O) groups excluding carboxylic acids is 3. The average Bonchev–Trinajstić information content (AvgIpc) is 2.30. The van der Waals surface area contributed by atoms with Crippen LogP contribution in [0.4, 0.5) is 0 Å². The van der Waals surface area contributed by atoms with Gasteiger partial charge in [0.2, 0.25) is 11.8 Å². The molecule has 0 bridgehead atoms. The van der Waals surface area contributed by atoms with E-state index < -0.39 is 5.97 Å². The number of aliphatic carboxylic acids is 1. The van der Waals surface area contributed by atoms with Gasteiger partial charge in [-0.25, -0.2) is 0 Å². The summed E-state index contributed by atoms with van der Waals surface area (Å²) in [5.74, 6) is -1.63. The summed E-state index contributed by atoms with van der Waals surface area (Å²) in [5, 5.41) is 9.49. The molecule has 0 aromatic rings. The topological polar surface area (TPSA) is 126 Å². The van der Waals surface area contributed by atoms with E-state index in [9.17, 15) is 19.5 Å². The van der Waals surface area contributed by atoms with Crippen LogP contribution in [0.5, 0.6) is 0 Å². The van der Waals surface area contributed by atoms with E-state index in [2.05, 4.69) is 11.5 Å². The molecule has 0 heterocycles. The summed E-state index contributed by atoms with van der Waals surface area (Å²) in [6, 6.07) is 0. The molecule has 6 nitrogen and oxygen atoms in total. The Hall–Kier alpha value is -0.590. The third kappa shape index (κ3) is 83.2. The zero-order valence-electron chi connectivity index (χ0n) is 13.9. The fourth-order valence-electron chi connectivity index (χ4n) is 1.26. The van der Waals surface area contributed by atoms with Crippen molar-refractivity contribution in [1.82, 2.24) is 0 Å². The second kappa shape index (κ2) is 24.4. The maximum atomic E-state index is 9.49. The summed E-state index contributed by atoms with van der Waals surface area (Å²) >= 11 is 0. The van der Waals surface area contributed by atoms with Gasteiger partial charge in [-0.1, -0.05) is 51.9 Å². The van der Waals surface area contributed by atoms with Crippen molar-refractivity contribution in [2.24, 2.45) is 11.5 Å². The molecule has 0 unspecified atom stereocenters. The fourth-order valence-corrected chi connectivity index (χ4v) is 1.26. The molecule has 0 atom stereocenters. The summed E-state index contributed by atoms with van der Waals surface area (Å²) in [5.41, 5.74) is 8.94. The van der Waals surface area contributed by atoms with Gasteiger partial charge >= 0.3 is 29.6 Å². The first-order chi connectivity index (χ1) is 9.23. The quantitative estimate of drug-likeness (QED) is 0.564. The number of hydrogen-bond acceptors (Lipinski definition) is 4. The number of primary amides is 2. The molecule has 120 valence electrons. The molecule has 1 rings (SSSR count). The third-order valence-corrected chi connectivity index (χ3v) is 1.95. The van der Waals surface area contributed by atoms with Gasteiger partial charge in [0, 0.05) is 19.8 Å². The standard InChI is InChI=1S/C6H12.C4H8O2.2C2H5NO.Na/c1-2-4-6-5-3-1;1-2-3-4(5)6;2*1-2(3)4;/h1-6H2;2-3H2,1H3,(H,5,6);2*1H3,(H2,3,4);/q;;;;+1/p-1. The van der Waals surface area contributed by atoms with Crippen LogP contribution in [-0.2, 0) is 14.4 Å². The summed E-state index contributed by atoms with van der Waals surface area (Å²) in [6.45, 7) is 4.41. The zero-order valence-corrected chi connectivity index (χ0v) is 15.9. The van der Waals surface area contributed by atoms with E-state index in [4.69, 9.17) is 0 Å². The van der Waals surface area contributed by atoms with Crippen molar-refractivity contribution >= 4 is 17.8 Å². The molecule has 1 saturated carbocycles. The Labute approximate surface area is 150 Å². The molecule has 0 saturated heterocycles. The molecule has 1 aliphatic carbocycles. The van der Waals surface area contributed by atoms with E-state index in [1.165, 1.54) is 52.4 Å². The number of amides is 2. The Morgan fingerprint density at radius 3 is 1.10 bits per heavy atom. The smallest absolute Gasteiger partial charge is 0.550 e. The molecule has 7 heteroatoms. The molecule has 0 aromatic carbocycles. The van der Waals surface area contributed by atoms with E-state index in [-0.39, 0.29) is 47.8 Å². The van der Waals surface area contributed by atoms with Crippen molar-refractivity contribution < 1.29 is 49.0 Å². The molecule has 0 radical (unpaired) electrons. The fraction of sp³-hybridized carbons (Fsp3) is 0.786. The first-order valence-corrected chi connectivity index (χ1v) is 6.95. The minimum absolute atomic E-state index is 0. The van der Waals surface area contributed by atoms with Crippen LogP contribution in [0.15, 0.2) is 0 Å². The van der Waals surface area contributed by atoms with Crippen LogP contribution in [-0.4, -0.2) is 17.8 Å². The Morgan fingerprint density at radius 2 is 1.05 bits per heavy atom. The Balaban J connectivity index is -0.0000000923. The van der Waals surface area contributed by atoms with E-state index in [1.807, 2.05) is 0 Å². The summed E-state index contributed by atoms with van der Waals surface area (Å²) < 4.78 is 0. The molecule has 0 aliphatic heterocycles. The van der Waals surface area contributed by atoms with E-state index in [0.29, 0.717) is 6.42 Å². The van der Waals surface area contributed by atoms with Gasteiger partial charge in [-0.2, -0.15) is 0 Å². The molecule has 1 aliphatic rings. The maximum Gasteiger partial charge on any atom is 1.00 e. The molecular formula is C14H29N2NaO4. The van der Waals surface area contributed by atoms with E-state index >= 15 is 0 Å². The van der Waals surface area contributed by atoms with Gasteiger partial charge in [0.15, 0.2) is 0 Å². The van der Waals surface area contributed by atoms with Gasteiger partial charge in [-0.15, -0.1) is 0 Å². The van der Waals surface area contributed by atoms with Crippen LogP contribution in [0.3, 0.4) is 0 Å². The summed E-state index contributed by atoms with van der Waals surface area (Å²) in [7, 11) is 0. The monoisotopic (exact) mass is 312 g/mol. The van der Waals surface area contributed by atoms with Crippen molar-refractivity contribution in [2.75, 3.05) is 0 Å². The van der Waals surface area contributed by atoms with Gasteiger partial charge in [0.1, 0.15) is 0 Å². The van der Waals surface area contributed by atoms with E-state index in [0.717, 1.165) is 0 Å². The Bertz CT molecular complexity index is 226. The van der Waals surface area contributed by atoms with Gasteiger partial charge in [-0.05, 0) is 6.42 Å². The molecule has 1 fully saturated rings. The first kappa shape index (κ1) is 28.6. The van der Waals surface area contributed by atoms with Crippen LogP contribution in [0.1, 0.15) is 72.1 Å². The molecule has 0 aromatic heterocycles. The largest absolute Gasteiger partial charge is 1.00 e. The van der Waals surface area contributed by atoms with Crippen molar-refractivity contribution in [3.05, 3.63) is 0 Å². The molecule has 4 N–H and O–H groups in total. The predicted octanol–water partition coefficient (Wildman–Crippen LogP) is -2.14. The molecule has 0 spiro atoms. The van der Waals surface area contributed by atoms with E-state index in [1.54, 1.807) is 6.92 Å². The van der Waals surface area contributed by atoms with Crippen LogP contribution < -0.4 is 46.1 Å². The molecular weight excluding hydrogens is 283 g/mol. The van der Waals surface area contributed by atoms with Gasteiger partial charge in [0.05, 0.1) is 0 Å². The zero-order chi connectivity index (χ0) is 16.4. The van der Waals surface area contributed by atoms with Gasteiger partial charge < -0.3 is 21.4 Å². The molecule has 21 heavy (non-hydrogen) atoms. The minimum Gasteiger partial charge on any atom is -0.550 e. The maximum absolute atomic E-state index is 9.49. The van der Waals surface area contributed by atoms with Crippen LogP contribution >= 0.6 is 0 Å². The van der Waals surface area contributed by atoms with Crippen molar-refractivity contribution in [2.45, 2.75) is 72.1 Å². The summed E-state index contributed by atoms with van der Waals surface area (Å²) in [4.78, 5) is 27.9. The number of carbonyl (C=O) groups is 3. The Kier molecular flexibility index (Phi) is 33.2. The number of carboxylic acid groups (broad SMARTS) is 1. The summed E-state index contributed by atoms with van der Waals surface area (Å²) in [6.07, 6.45) is 9.85. The second-order valence-electron chi connectivity index (χ2n) is 4.46. The van der Waals surface area contributed by atoms with Crippen molar-refractivity contribution in [1.29, 1.82) is 0 Å². The number of hydrogen-bond donors (Lipinski definition) is 2. The predicted molar refractivity (Wildman–Crippen MR) is 77.4 cm³/mol. The van der Waals surface area contributed by atoms with Crippen LogP contribution in [0, 0.1) is 0 Å². The SMILES string of the molecule is C1CCCCC1.CC(N)=O.CC(N)=O.CCCC(=O)[O-].[Na+]. The Morgan fingerprint density at radius 1 is 0.857 bits per heavy atom. The third-order valence-electron chi connectivity index (χ3n) is 1.95. The second-order valence-corrected chi connectivity index (χ2v) is 4.46.